The van der Waals surface area contributed by atoms with Crippen LogP contribution in [0.3, 0.4) is 0 Å². The zero-order valence-corrected chi connectivity index (χ0v) is 15.1. The van der Waals surface area contributed by atoms with E-state index in [-0.39, 0.29) is 5.97 Å². The summed E-state index contributed by atoms with van der Waals surface area (Å²) in [6.07, 6.45) is 21.7. The van der Waals surface area contributed by atoms with Crippen LogP contribution in [0.2, 0.25) is 0 Å². The Balaban J connectivity index is 3.23. The molecule has 0 spiro atoms. The van der Waals surface area contributed by atoms with Gasteiger partial charge in [-0.1, -0.05) is 84.5 Å². The summed E-state index contributed by atoms with van der Waals surface area (Å²) in [5.41, 5.74) is 0. The van der Waals surface area contributed by atoms with Gasteiger partial charge in [0.1, 0.15) is 0 Å². The monoisotopic (exact) mass is 310 g/mol. The van der Waals surface area contributed by atoms with Crippen molar-refractivity contribution in [3.05, 3.63) is 12.3 Å². The summed E-state index contributed by atoms with van der Waals surface area (Å²) in [6, 6.07) is 0. The van der Waals surface area contributed by atoms with Gasteiger partial charge in [0.25, 0.3) is 0 Å². The van der Waals surface area contributed by atoms with Crippen LogP contribution < -0.4 is 0 Å². The first-order valence-corrected chi connectivity index (χ1v) is 9.65. The highest BCUT2D eigenvalue weighted by Gasteiger charge is 2.00. The SMILES string of the molecule is CCCCCCC=COC(=O)CCCCCCCCCCC. The van der Waals surface area contributed by atoms with Gasteiger partial charge in [0, 0.05) is 6.42 Å². The maximum atomic E-state index is 11.5. The van der Waals surface area contributed by atoms with Gasteiger partial charge in [-0.25, -0.2) is 0 Å². The highest BCUT2D eigenvalue weighted by molar-refractivity contribution is 5.69. The third kappa shape index (κ3) is 17.3. The molecule has 0 saturated heterocycles. The van der Waals surface area contributed by atoms with E-state index in [1.54, 1.807) is 6.26 Å². The molecule has 0 aliphatic carbocycles. The van der Waals surface area contributed by atoms with Crippen molar-refractivity contribution < 1.29 is 9.53 Å². The van der Waals surface area contributed by atoms with Crippen molar-refractivity contribution in [1.29, 1.82) is 0 Å². The number of esters is 1. The Bertz CT molecular complexity index is 258. The second-order valence-electron chi connectivity index (χ2n) is 6.29. The molecule has 0 aliphatic rings. The van der Waals surface area contributed by atoms with Crippen molar-refractivity contribution in [2.24, 2.45) is 0 Å². The van der Waals surface area contributed by atoms with Crippen LogP contribution >= 0.6 is 0 Å². The number of carbonyl (C=O) groups excluding carboxylic acids is 1. The number of allylic oxidation sites excluding steroid dienone is 1. The normalized spacial score (nSPS) is 11.2. The third-order valence-corrected chi connectivity index (χ3v) is 4.00. The lowest BCUT2D eigenvalue weighted by molar-refractivity contribution is -0.138. The van der Waals surface area contributed by atoms with Gasteiger partial charge in [-0.3, -0.25) is 4.79 Å². The first-order valence-electron chi connectivity index (χ1n) is 9.65. The van der Waals surface area contributed by atoms with Gasteiger partial charge in [-0.15, -0.1) is 0 Å². The van der Waals surface area contributed by atoms with Crippen LogP contribution in [0.4, 0.5) is 0 Å². The maximum Gasteiger partial charge on any atom is 0.310 e. The fourth-order valence-corrected chi connectivity index (χ4v) is 2.52. The maximum absolute atomic E-state index is 11.5. The predicted molar refractivity (Wildman–Crippen MR) is 95.8 cm³/mol. The van der Waals surface area contributed by atoms with Crippen molar-refractivity contribution in [2.75, 3.05) is 0 Å². The lowest BCUT2D eigenvalue weighted by Crippen LogP contribution is -1.98. The van der Waals surface area contributed by atoms with Crippen LogP contribution in [0.15, 0.2) is 12.3 Å². The van der Waals surface area contributed by atoms with Crippen molar-refractivity contribution in [1.82, 2.24) is 0 Å². The van der Waals surface area contributed by atoms with Crippen molar-refractivity contribution in [2.45, 2.75) is 110 Å². The van der Waals surface area contributed by atoms with E-state index in [2.05, 4.69) is 13.8 Å². The van der Waals surface area contributed by atoms with Gasteiger partial charge in [0.05, 0.1) is 6.26 Å². The van der Waals surface area contributed by atoms with Gasteiger partial charge in [-0.05, 0) is 25.3 Å². The third-order valence-electron chi connectivity index (χ3n) is 4.00. The number of carbonyl (C=O) groups is 1. The minimum Gasteiger partial charge on any atom is -0.435 e. The van der Waals surface area contributed by atoms with Crippen molar-refractivity contribution in [3.8, 4) is 0 Å². The number of hydrogen-bond donors (Lipinski definition) is 0. The van der Waals surface area contributed by atoms with Crippen LogP contribution in [-0.2, 0) is 9.53 Å². The highest BCUT2D eigenvalue weighted by atomic mass is 16.5. The van der Waals surface area contributed by atoms with E-state index < -0.39 is 0 Å². The molecule has 0 atom stereocenters. The zero-order chi connectivity index (χ0) is 16.3. The largest absolute Gasteiger partial charge is 0.435 e. The standard InChI is InChI=1S/C20H38O2/c1-3-5-7-9-11-12-13-14-16-18-20(21)22-19-17-15-10-8-6-4-2/h17,19H,3-16,18H2,1-2H3. The van der Waals surface area contributed by atoms with E-state index in [1.807, 2.05) is 6.08 Å². The molecule has 0 saturated carbocycles. The summed E-state index contributed by atoms with van der Waals surface area (Å²) in [4.78, 5) is 11.5. The van der Waals surface area contributed by atoms with Gasteiger partial charge in [-0.2, -0.15) is 0 Å². The minimum absolute atomic E-state index is 0.0762. The molecule has 0 amide bonds. The number of ether oxygens (including phenoxy) is 1. The number of unbranched alkanes of at least 4 members (excludes halogenated alkanes) is 12. The molecule has 2 nitrogen and oxygen atoms in total. The van der Waals surface area contributed by atoms with E-state index in [0.717, 1.165) is 19.3 Å². The van der Waals surface area contributed by atoms with E-state index in [4.69, 9.17) is 4.74 Å². The molecule has 0 aromatic heterocycles. The molecule has 0 unspecified atom stereocenters. The smallest absolute Gasteiger partial charge is 0.310 e. The van der Waals surface area contributed by atoms with Gasteiger partial charge >= 0.3 is 5.97 Å². The van der Waals surface area contributed by atoms with Crippen LogP contribution in [-0.4, -0.2) is 5.97 Å². The second-order valence-corrected chi connectivity index (χ2v) is 6.29. The van der Waals surface area contributed by atoms with Crippen LogP contribution in [0.1, 0.15) is 110 Å². The highest BCUT2D eigenvalue weighted by Crippen LogP contribution is 2.11. The first-order chi connectivity index (χ1) is 10.8. The molecule has 0 aromatic rings. The van der Waals surface area contributed by atoms with Gasteiger partial charge in [0.2, 0.25) is 0 Å². The molecule has 0 radical (unpaired) electrons. The fraction of sp³-hybridized carbons (Fsp3) is 0.850. The molecule has 0 heterocycles. The summed E-state index contributed by atoms with van der Waals surface area (Å²) >= 11 is 0. The summed E-state index contributed by atoms with van der Waals surface area (Å²) < 4.78 is 5.10. The van der Waals surface area contributed by atoms with E-state index in [1.165, 1.54) is 70.6 Å². The summed E-state index contributed by atoms with van der Waals surface area (Å²) in [6.45, 7) is 4.46. The second kappa shape index (κ2) is 18.3. The Morgan fingerprint density at radius 1 is 0.727 bits per heavy atom. The summed E-state index contributed by atoms with van der Waals surface area (Å²) in [7, 11) is 0. The Labute approximate surface area is 138 Å². The minimum atomic E-state index is -0.0762. The van der Waals surface area contributed by atoms with Crippen LogP contribution in [0.5, 0.6) is 0 Å². The predicted octanol–water partition coefficient (Wildman–Crippen LogP) is 6.93. The van der Waals surface area contributed by atoms with Gasteiger partial charge in [0.15, 0.2) is 0 Å². The van der Waals surface area contributed by atoms with Crippen molar-refractivity contribution in [3.63, 3.8) is 0 Å². The zero-order valence-electron chi connectivity index (χ0n) is 15.1. The van der Waals surface area contributed by atoms with Crippen molar-refractivity contribution >= 4 is 5.97 Å². The Hall–Kier alpha value is -0.790. The molecular formula is C20H38O2. The first kappa shape index (κ1) is 21.2. The average molecular weight is 311 g/mol. The van der Waals surface area contributed by atoms with Crippen LogP contribution in [0.25, 0.3) is 0 Å². The molecule has 0 bridgehead atoms. The summed E-state index contributed by atoms with van der Waals surface area (Å²) in [5.74, 6) is -0.0762. The lowest BCUT2D eigenvalue weighted by Gasteiger charge is -2.02. The number of hydrogen-bond acceptors (Lipinski definition) is 2. The molecule has 0 fully saturated rings. The molecule has 0 aromatic carbocycles. The van der Waals surface area contributed by atoms with E-state index in [0.29, 0.717) is 6.42 Å². The molecule has 0 rings (SSSR count). The number of rotatable bonds is 16. The van der Waals surface area contributed by atoms with E-state index in [9.17, 15) is 4.79 Å². The molecule has 22 heavy (non-hydrogen) atoms. The summed E-state index contributed by atoms with van der Waals surface area (Å²) in [5, 5.41) is 0. The van der Waals surface area contributed by atoms with Gasteiger partial charge < -0.3 is 4.74 Å². The quantitative estimate of drug-likeness (QED) is 0.175. The molecule has 2 heteroatoms. The molecular weight excluding hydrogens is 272 g/mol. The molecule has 0 N–H and O–H groups in total. The lowest BCUT2D eigenvalue weighted by atomic mass is 10.1. The van der Waals surface area contributed by atoms with E-state index >= 15 is 0 Å². The molecule has 130 valence electrons. The fourth-order valence-electron chi connectivity index (χ4n) is 2.52. The Morgan fingerprint density at radius 2 is 1.23 bits per heavy atom. The Kier molecular flexibility index (Phi) is 17.6. The topological polar surface area (TPSA) is 26.3 Å². The Morgan fingerprint density at radius 3 is 1.82 bits per heavy atom. The molecule has 0 aliphatic heterocycles. The average Bonchev–Trinajstić information content (AvgIpc) is 2.52. The van der Waals surface area contributed by atoms with Crippen LogP contribution in [0, 0.1) is 0 Å².